The van der Waals surface area contributed by atoms with Crippen molar-refractivity contribution in [3.63, 3.8) is 0 Å². The van der Waals surface area contributed by atoms with E-state index in [0.29, 0.717) is 18.2 Å². The summed E-state index contributed by atoms with van der Waals surface area (Å²) in [5, 5.41) is 9.66. The van der Waals surface area contributed by atoms with Gasteiger partial charge in [-0.2, -0.15) is 0 Å². The van der Waals surface area contributed by atoms with Crippen LogP contribution in [0, 0.1) is 0 Å². The Balaban J connectivity index is 1.59. The molecule has 0 aliphatic heterocycles. The van der Waals surface area contributed by atoms with Crippen LogP contribution in [0.1, 0.15) is 42.5 Å². The second-order valence-corrected chi connectivity index (χ2v) is 5.60. The Morgan fingerprint density at radius 1 is 1.14 bits per heavy atom. The highest BCUT2D eigenvalue weighted by Gasteiger charge is 2.15. The Morgan fingerprint density at radius 2 is 1.82 bits per heavy atom. The van der Waals surface area contributed by atoms with Gasteiger partial charge in [-0.05, 0) is 31.4 Å². The third kappa shape index (κ3) is 5.39. The summed E-state index contributed by atoms with van der Waals surface area (Å²) >= 11 is 0. The second kappa shape index (κ2) is 9.07. The first-order valence-electron chi connectivity index (χ1n) is 8.10. The van der Waals surface area contributed by atoms with E-state index in [4.69, 9.17) is 0 Å². The molecule has 1 aromatic rings. The van der Waals surface area contributed by atoms with E-state index in [2.05, 4.69) is 20.9 Å². The zero-order valence-electron chi connectivity index (χ0n) is 13.3. The smallest absolute Gasteiger partial charge is 0.251 e. The summed E-state index contributed by atoms with van der Waals surface area (Å²) in [6.45, 7) is 1.45. The van der Waals surface area contributed by atoms with Crippen molar-refractivity contribution in [1.29, 1.82) is 0 Å². The summed E-state index contributed by atoms with van der Waals surface area (Å²) in [6.07, 6.45) is 5.94. The SMILES string of the molecule is CN=C(NCCCNC(=O)c1ccccc1)NC1CCCC1. The molecule has 5 heteroatoms. The van der Waals surface area contributed by atoms with E-state index in [-0.39, 0.29) is 5.91 Å². The number of carbonyl (C=O) groups excluding carboxylic acids is 1. The minimum Gasteiger partial charge on any atom is -0.356 e. The lowest BCUT2D eigenvalue weighted by Gasteiger charge is -2.16. The van der Waals surface area contributed by atoms with Gasteiger partial charge in [0.2, 0.25) is 0 Å². The van der Waals surface area contributed by atoms with E-state index in [1.165, 1.54) is 25.7 Å². The fraction of sp³-hybridized carbons (Fsp3) is 0.529. The second-order valence-electron chi connectivity index (χ2n) is 5.60. The Labute approximate surface area is 132 Å². The maximum Gasteiger partial charge on any atom is 0.251 e. The molecule has 0 bridgehead atoms. The molecule has 0 spiro atoms. The van der Waals surface area contributed by atoms with Crippen LogP contribution in [0.5, 0.6) is 0 Å². The lowest BCUT2D eigenvalue weighted by molar-refractivity contribution is 0.0953. The van der Waals surface area contributed by atoms with Gasteiger partial charge in [-0.25, -0.2) is 0 Å². The van der Waals surface area contributed by atoms with E-state index in [0.717, 1.165) is 18.9 Å². The molecule has 1 aliphatic carbocycles. The summed E-state index contributed by atoms with van der Waals surface area (Å²) in [6, 6.07) is 9.85. The molecule has 2 rings (SSSR count). The van der Waals surface area contributed by atoms with Crippen LogP contribution in [-0.2, 0) is 0 Å². The molecular formula is C17H26N4O. The first-order valence-corrected chi connectivity index (χ1v) is 8.10. The topological polar surface area (TPSA) is 65.5 Å². The number of nitrogens with one attached hydrogen (secondary N) is 3. The highest BCUT2D eigenvalue weighted by atomic mass is 16.1. The average molecular weight is 302 g/mol. The van der Waals surface area contributed by atoms with Crippen LogP contribution in [-0.4, -0.2) is 38.0 Å². The van der Waals surface area contributed by atoms with Crippen molar-refractivity contribution in [2.45, 2.75) is 38.1 Å². The first-order chi connectivity index (χ1) is 10.8. The highest BCUT2D eigenvalue weighted by molar-refractivity contribution is 5.94. The van der Waals surface area contributed by atoms with Crippen molar-refractivity contribution in [2.75, 3.05) is 20.1 Å². The van der Waals surface area contributed by atoms with Gasteiger partial charge in [0.05, 0.1) is 0 Å². The van der Waals surface area contributed by atoms with Crippen molar-refractivity contribution >= 4 is 11.9 Å². The number of carbonyl (C=O) groups is 1. The Morgan fingerprint density at radius 3 is 2.50 bits per heavy atom. The van der Waals surface area contributed by atoms with E-state index in [9.17, 15) is 4.79 Å². The minimum absolute atomic E-state index is 0.0194. The Kier molecular flexibility index (Phi) is 6.74. The molecule has 0 radical (unpaired) electrons. The molecule has 0 heterocycles. The molecule has 0 atom stereocenters. The van der Waals surface area contributed by atoms with Crippen LogP contribution >= 0.6 is 0 Å². The predicted molar refractivity (Wildman–Crippen MR) is 90.1 cm³/mol. The standard InChI is InChI=1S/C17H26N4O/c1-18-17(21-15-10-5-6-11-15)20-13-7-12-19-16(22)14-8-3-2-4-9-14/h2-4,8-9,15H,5-7,10-13H2,1H3,(H,19,22)(H2,18,20,21). The van der Waals surface area contributed by atoms with E-state index in [1.807, 2.05) is 30.3 Å². The quantitative estimate of drug-likeness (QED) is 0.427. The molecule has 3 N–H and O–H groups in total. The molecule has 0 aromatic heterocycles. The number of guanidine groups is 1. The van der Waals surface area contributed by atoms with Gasteiger partial charge in [0.25, 0.3) is 5.91 Å². The van der Waals surface area contributed by atoms with Crippen LogP contribution in [0.25, 0.3) is 0 Å². The molecule has 1 aromatic carbocycles. The normalized spacial score (nSPS) is 15.6. The number of rotatable bonds is 6. The van der Waals surface area contributed by atoms with Gasteiger partial charge >= 0.3 is 0 Å². The van der Waals surface area contributed by atoms with Gasteiger partial charge in [0, 0.05) is 31.7 Å². The molecule has 0 saturated heterocycles. The third-order valence-corrected chi connectivity index (χ3v) is 3.89. The lowest BCUT2D eigenvalue weighted by Crippen LogP contribution is -2.43. The van der Waals surface area contributed by atoms with Crippen LogP contribution in [0.15, 0.2) is 35.3 Å². The Hall–Kier alpha value is -2.04. The van der Waals surface area contributed by atoms with Gasteiger partial charge < -0.3 is 16.0 Å². The molecule has 1 amide bonds. The van der Waals surface area contributed by atoms with Gasteiger partial charge in [0.1, 0.15) is 0 Å². The maximum atomic E-state index is 11.9. The van der Waals surface area contributed by atoms with Crippen molar-refractivity contribution < 1.29 is 4.79 Å². The summed E-state index contributed by atoms with van der Waals surface area (Å²) in [5.74, 6) is 0.843. The third-order valence-electron chi connectivity index (χ3n) is 3.89. The number of nitrogens with zero attached hydrogens (tertiary/aromatic N) is 1. The molecular weight excluding hydrogens is 276 g/mol. The van der Waals surface area contributed by atoms with Crippen molar-refractivity contribution in [3.05, 3.63) is 35.9 Å². The number of aliphatic imine (C=N–C) groups is 1. The summed E-state index contributed by atoms with van der Waals surface area (Å²) in [5.41, 5.74) is 0.703. The van der Waals surface area contributed by atoms with Gasteiger partial charge in [-0.1, -0.05) is 31.0 Å². The number of benzene rings is 1. The van der Waals surface area contributed by atoms with Crippen LogP contribution in [0.2, 0.25) is 0 Å². The lowest BCUT2D eigenvalue weighted by atomic mass is 10.2. The molecule has 1 aliphatic rings. The van der Waals surface area contributed by atoms with Crippen molar-refractivity contribution in [3.8, 4) is 0 Å². The first kappa shape index (κ1) is 16.3. The summed E-state index contributed by atoms with van der Waals surface area (Å²) in [7, 11) is 1.79. The Bertz CT molecular complexity index is 481. The molecule has 1 fully saturated rings. The zero-order chi connectivity index (χ0) is 15.6. The van der Waals surface area contributed by atoms with Crippen LogP contribution in [0.3, 0.4) is 0 Å². The number of hydrogen-bond acceptors (Lipinski definition) is 2. The van der Waals surface area contributed by atoms with Gasteiger partial charge in [0.15, 0.2) is 5.96 Å². The minimum atomic E-state index is -0.0194. The largest absolute Gasteiger partial charge is 0.356 e. The average Bonchev–Trinajstić information content (AvgIpc) is 3.07. The van der Waals surface area contributed by atoms with Crippen molar-refractivity contribution in [1.82, 2.24) is 16.0 Å². The van der Waals surface area contributed by atoms with Crippen LogP contribution in [0.4, 0.5) is 0 Å². The molecule has 1 saturated carbocycles. The van der Waals surface area contributed by atoms with Crippen LogP contribution < -0.4 is 16.0 Å². The monoisotopic (exact) mass is 302 g/mol. The molecule has 0 unspecified atom stereocenters. The predicted octanol–water partition coefficient (Wildman–Crippen LogP) is 1.91. The number of hydrogen-bond donors (Lipinski definition) is 3. The highest BCUT2D eigenvalue weighted by Crippen LogP contribution is 2.17. The molecule has 5 nitrogen and oxygen atoms in total. The van der Waals surface area contributed by atoms with Gasteiger partial charge in [-0.15, -0.1) is 0 Å². The maximum absolute atomic E-state index is 11.9. The van der Waals surface area contributed by atoms with E-state index >= 15 is 0 Å². The van der Waals surface area contributed by atoms with Crippen molar-refractivity contribution in [2.24, 2.45) is 4.99 Å². The zero-order valence-corrected chi connectivity index (χ0v) is 13.3. The van der Waals surface area contributed by atoms with E-state index in [1.54, 1.807) is 7.05 Å². The molecule has 120 valence electrons. The van der Waals surface area contributed by atoms with Gasteiger partial charge in [-0.3, -0.25) is 9.79 Å². The summed E-state index contributed by atoms with van der Waals surface area (Å²) in [4.78, 5) is 16.1. The number of amides is 1. The fourth-order valence-corrected chi connectivity index (χ4v) is 2.65. The van der Waals surface area contributed by atoms with E-state index < -0.39 is 0 Å². The fourth-order valence-electron chi connectivity index (χ4n) is 2.65. The summed E-state index contributed by atoms with van der Waals surface area (Å²) < 4.78 is 0. The molecule has 22 heavy (non-hydrogen) atoms.